The van der Waals surface area contributed by atoms with Crippen molar-refractivity contribution >= 4 is 0 Å². The largest absolute Gasteiger partial charge is 0.316 e. The summed E-state index contributed by atoms with van der Waals surface area (Å²) in [7, 11) is 4.29. The summed E-state index contributed by atoms with van der Waals surface area (Å²) in [5.74, 6) is 1.86. The Kier molecular flexibility index (Phi) is 7.29. The first kappa shape index (κ1) is 12.9. The van der Waals surface area contributed by atoms with Gasteiger partial charge in [0.05, 0.1) is 0 Å². The molecule has 80 valence electrons. The molecule has 1 aliphatic rings. The van der Waals surface area contributed by atoms with Crippen molar-refractivity contribution in [3.8, 4) is 0 Å². The molecule has 0 aromatic heterocycles. The minimum atomic E-state index is 0.902. The van der Waals surface area contributed by atoms with E-state index in [1.165, 1.54) is 26.1 Å². The zero-order valence-electron chi connectivity index (χ0n) is 9.93. The van der Waals surface area contributed by atoms with Crippen molar-refractivity contribution in [3.63, 3.8) is 0 Å². The monoisotopic (exact) mass is 186 g/mol. The van der Waals surface area contributed by atoms with E-state index < -0.39 is 0 Å². The first-order valence-corrected chi connectivity index (χ1v) is 5.55. The zero-order chi connectivity index (χ0) is 10.3. The summed E-state index contributed by atoms with van der Waals surface area (Å²) in [5.41, 5.74) is 0. The highest BCUT2D eigenvalue weighted by Gasteiger charge is 2.22. The van der Waals surface area contributed by atoms with Gasteiger partial charge in [0, 0.05) is 0 Å². The molecule has 1 N–H and O–H groups in total. The van der Waals surface area contributed by atoms with Crippen LogP contribution in [-0.4, -0.2) is 38.6 Å². The summed E-state index contributed by atoms with van der Waals surface area (Å²) in [6, 6.07) is 0. The second-order valence-corrected chi connectivity index (χ2v) is 3.99. The lowest BCUT2D eigenvalue weighted by atomic mass is 9.86. The molecular weight excluding hydrogens is 160 g/mol. The average Bonchev–Trinajstić information content (AvgIpc) is 2.01. The van der Waals surface area contributed by atoms with E-state index in [1.807, 2.05) is 13.8 Å². The van der Waals surface area contributed by atoms with Gasteiger partial charge in [-0.15, -0.1) is 0 Å². The Morgan fingerprint density at radius 1 is 1.31 bits per heavy atom. The predicted molar refractivity (Wildman–Crippen MR) is 60.0 cm³/mol. The molecule has 1 fully saturated rings. The van der Waals surface area contributed by atoms with Crippen LogP contribution in [0.2, 0.25) is 0 Å². The lowest BCUT2D eigenvalue weighted by Crippen LogP contribution is -2.45. The molecule has 1 heterocycles. The third-order valence-corrected chi connectivity index (χ3v) is 2.65. The molecule has 1 unspecified atom stereocenters. The SMILES string of the molecule is CC.CC(CCN(C)C)C1CNC1. The van der Waals surface area contributed by atoms with Crippen molar-refractivity contribution < 1.29 is 0 Å². The fourth-order valence-corrected chi connectivity index (χ4v) is 1.41. The number of hydrogen-bond donors (Lipinski definition) is 1. The van der Waals surface area contributed by atoms with Crippen molar-refractivity contribution in [1.82, 2.24) is 10.2 Å². The molecule has 0 aliphatic carbocycles. The lowest BCUT2D eigenvalue weighted by molar-refractivity contribution is 0.220. The van der Waals surface area contributed by atoms with Crippen LogP contribution in [0.15, 0.2) is 0 Å². The van der Waals surface area contributed by atoms with Crippen LogP contribution in [0.1, 0.15) is 27.2 Å². The van der Waals surface area contributed by atoms with E-state index in [2.05, 4.69) is 31.2 Å². The van der Waals surface area contributed by atoms with E-state index in [1.54, 1.807) is 0 Å². The van der Waals surface area contributed by atoms with Crippen molar-refractivity contribution in [3.05, 3.63) is 0 Å². The van der Waals surface area contributed by atoms with Gasteiger partial charge >= 0.3 is 0 Å². The van der Waals surface area contributed by atoms with Gasteiger partial charge in [0.15, 0.2) is 0 Å². The lowest BCUT2D eigenvalue weighted by Gasteiger charge is -2.33. The van der Waals surface area contributed by atoms with Gasteiger partial charge in [-0.2, -0.15) is 0 Å². The predicted octanol–water partition coefficient (Wildman–Crippen LogP) is 1.82. The number of rotatable bonds is 4. The van der Waals surface area contributed by atoms with Gasteiger partial charge in [0.1, 0.15) is 0 Å². The van der Waals surface area contributed by atoms with Crippen molar-refractivity contribution in [1.29, 1.82) is 0 Å². The summed E-state index contributed by atoms with van der Waals surface area (Å²) >= 11 is 0. The van der Waals surface area contributed by atoms with E-state index in [0.29, 0.717) is 0 Å². The van der Waals surface area contributed by atoms with Gasteiger partial charge < -0.3 is 10.2 Å². The Morgan fingerprint density at radius 2 is 1.85 bits per heavy atom. The molecule has 13 heavy (non-hydrogen) atoms. The first-order valence-electron chi connectivity index (χ1n) is 5.55. The van der Waals surface area contributed by atoms with E-state index in [9.17, 15) is 0 Å². The van der Waals surface area contributed by atoms with E-state index in [-0.39, 0.29) is 0 Å². The molecule has 1 rings (SSSR count). The number of nitrogens with zero attached hydrogens (tertiary/aromatic N) is 1. The van der Waals surface area contributed by atoms with Gasteiger partial charge in [-0.3, -0.25) is 0 Å². The minimum absolute atomic E-state index is 0.902. The van der Waals surface area contributed by atoms with Crippen LogP contribution in [0.4, 0.5) is 0 Å². The summed E-state index contributed by atoms with van der Waals surface area (Å²) in [6.45, 7) is 10.1. The van der Waals surface area contributed by atoms with E-state index >= 15 is 0 Å². The highest BCUT2D eigenvalue weighted by Crippen LogP contribution is 2.18. The van der Waals surface area contributed by atoms with Crippen molar-refractivity contribution in [2.75, 3.05) is 33.7 Å². The molecule has 0 aromatic rings. The Morgan fingerprint density at radius 3 is 2.15 bits per heavy atom. The van der Waals surface area contributed by atoms with E-state index in [0.717, 1.165) is 11.8 Å². The van der Waals surface area contributed by atoms with Gasteiger partial charge in [0.2, 0.25) is 0 Å². The number of nitrogens with one attached hydrogen (secondary N) is 1. The zero-order valence-corrected chi connectivity index (χ0v) is 9.93. The van der Waals surface area contributed by atoms with Crippen LogP contribution in [0, 0.1) is 11.8 Å². The highest BCUT2D eigenvalue weighted by atomic mass is 15.0. The van der Waals surface area contributed by atoms with Gasteiger partial charge in [-0.25, -0.2) is 0 Å². The topological polar surface area (TPSA) is 15.3 Å². The summed E-state index contributed by atoms with van der Waals surface area (Å²) in [5, 5.41) is 3.32. The van der Waals surface area contributed by atoms with Gasteiger partial charge in [0.25, 0.3) is 0 Å². The maximum absolute atomic E-state index is 3.32. The molecule has 1 aliphatic heterocycles. The maximum Gasteiger partial charge on any atom is -0.000569 e. The highest BCUT2D eigenvalue weighted by molar-refractivity contribution is 4.79. The Balaban J connectivity index is 0.000000671. The Labute approximate surface area is 83.7 Å². The molecule has 0 spiro atoms. The molecule has 2 nitrogen and oxygen atoms in total. The van der Waals surface area contributed by atoms with Gasteiger partial charge in [-0.05, 0) is 52.0 Å². The van der Waals surface area contributed by atoms with Crippen LogP contribution in [0.25, 0.3) is 0 Å². The summed E-state index contributed by atoms with van der Waals surface area (Å²) in [6.07, 6.45) is 1.35. The molecule has 1 saturated heterocycles. The first-order chi connectivity index (χ1) is 6.20. The molecular formula is C11H26N2. The third-order valence-electron chi connectivity index (χ3n) is 2.65. The van der Waals surface area contributed by atoms with Crippen molar-refractivity contribution in [2.24, 2.45) is 11.8 Å². The molecule has 0 amide bonds. The second kappa shape index (κ2) is 7.34. The average molecular weight is 186 g/mol. The second-order valence-electron chi connectivity index (χ2n) is 3.99. The third kappa shape index (κ3) is 5.27. The molecule has 0 saturated carbocycles. The molecule has 0 aromatic carbocycles. The molecule has 0 bridgehead atoms. The Bertz CT molecular complexity index is 109. The van der Waals surface area contributed by atoms with Gasteiger partial charge in [-0.1, -0.05) is 20.8 Å². The normalized spacial score (nSPS) is 18.9. The standard InChI is InChI=1S/C9H20N2.C2H6/c1-8(4-5-11(2)3)9-6-10-7-9;1-2/h8-10H,4-7H2,1-3H3;1-2H3. The number of hydrogen-bond acceptors (Lipinski definition) is 2. The smallest absolute Gasteiger partial charge is 0.000569 e. The Hall–Kier alpha value is -0.0800. The fourth-order valence-electron chi connectivity index (χ4n) is 1.41. The van der Waals surface area contributed by atoms with Crippen LogP contribution in [-0.2, 0) is 0 Å². The van der Waals surface area contributed by atoms with Crippen LogP contribution >= 0.6 is 0 Å². The quantitative estimate of drug-likeness (QED) is 0.720. The summed E-state index contributed by atoms with van der Waals surface area (Å²) in [4.78, 5) is 2.27. The fraction of sp³-hybridized carbons (Fsp3) is 1.00. The molecule has 0 radical (unpaired) electrons. The van der Waals surface area contributed by atoms with Crippen LogP contribution < -0.4 is 5.32 Å². The van der Waals surface area contributed by atoms with Crippen LogP contribution in [0.5, 0.6) is 0 Å². The molecule has 1 atom stereocenters. The minimum Gasteiger partial charge on any atom is -0.316 e. The van der Waals surface area contributed by atoms with Crippen LogP contribution in [0.3, 0.4) is 0 Å². The summed E-state index contributed by atoms with van der Waals surface area (Å²) < 4.78 is 0. The van der Waals surface area contributed by atoms with Crippen molar-refractivity contribution in [2.45, 2.75) is 27.2 Å². The molecule has 2 heteroatoms. The maximum atomic E-state index is 3.32. The van der Waals surface area contributed by atoms with E-state index in [4.69, 9.17) is 0 Å².